The second-order valence-electron chi connectivity index (χ2n) is 8.60. The molecule has 4 heterocycles. The summed E-state index contributed by atoms with van der Waals surface area (Å²) < 4.78 is 2.72. The number of aromatic nitrogens is 2. The zero-order chi connectivity index (χ0) is 23.3. The number of phenols is 1. The molecule has 10 heteroatoms. The number of anilines is 1. The molecule has 8 nitrogen and oxygen atoms in total. The van der Waals surface area contributed by atoms with Crippen LogP contribution >= 0.6 is 27.5 Å². The molecule has 2 aromatic heterocycles. The molecule has 2 aliphatic rings. The van der Waals surface area contributed by atoms with E-state index in [0.29, 0.717) is 28.4 Å². The number of halogens is 2. The van der Waals surface area contributed by atoms with E-state index in [1.54, 1.807) is 23.0 Å². The first-order chi connectivity index (χ1) is 15.9. The van der Waals surface area contributed by atoms with Gasteiger partial charge < -0.3 is 21.6 Å². The quantitative estimate of drug-likeness (QED) is 0.212. The number of amidine groups is 1. The van der Waals surface area contributed by atoms with E-state index in [9.17, 15) is 5.11 Å². The maximum Gasteiger partial charge on any atom is 0.135 e. The summed E-state index contributed by atoms with van der Waals surface area (Å²) in [5.41, 5.74) is 9.38. The van der Waals surface area contributed by atoms with Crippen molar-refractivity contribution >= 4 is 56.5 Å². The minimum Gasteiger partial charge on any atom is -0.508 e. The molecule has 2 saturated heterocycles. The maximum atomic E-state index is 9.63. The van der Waals surface area contributed by atoms with Crippen molar-refractivity contribution in [3.05, 3.63) is 51.7 Å². The van der Waals surface area contributed by atoms with Gasteiger partial charge in [-0.05, 0) is 53.4 Å². The lowest BCUT2D eigenvalue weighted by Gasteiger charge is -2.31. The van der Waals surface area contributed by atoms with Crippen LogP contribution in [0, 0.1) is 5.41 Å². The van der Waals surface area contributed by atoms with Crippen molar-refractivity contribution in [2.75, 3.05) is 5.32 Å². The molecule has 2 fully saturated rings. The highest BCUT2D eigenvalue weighted by Crippen LogP contribution is 2.42. The molecule has 172 valence electrons. The van der Waals surface area contributed by atoms with E-state index >= 15 is 0 Å². The van der Waals surface area contributed by atoms with Crippen LogP contribution in [-0.2, 0) is 0 Å². The van der Waals surface area contributed by atoms with Gasteiger partial charge in [0, 0.05) is 41.1 Å². The highest BCUT2D eigenvalue weighted by Gasteiger charge is 2.53. The number of fused-ring (bicyclic) bond motifs is 2. The van der Waals surface area contributed by atoms with Crippen molar-refractivity contribution in [3.8, 4) is 5.75 Å². The van der Waals surface area contributed by atoms with Gasteiger partial charge in [-0.25, -0.2) is 9.51 Å². The van der Waals surface area contributed by atoms with E-state index < -0.39 is 0 Å². The van der Waals surface area contributed by atoms with Crippen LogP contribution in [-0.4, -0.2) is 55.8 Å². The molecule has 2 aliphatic heterocycles. The van der Waals surface area contributed by atoms with Crippen LogP contribution in [0.15, 0.2) is 46.1 Å². The Labute approximate surface area is 205 Å². The van der Waals surface area contributed by atoms with Gasteiger partial charge in [-0.1, -0.05) is 18.5 Å². The minimum absolute atomic E-state index is 0.0705. The highest BCUT2D eigenvalue weighted by atomic mass is 79.9. The van der Waals surface area contributed by atoms with Crippen LogP contribution < -0.4 is 11.1 Å². The number of nitrogens with one attached hydrogen (secondary N) is 2. The first kappa shape index (κ1) is 22.2. The molecule has 1 aromatic carbocycles. The number of hydrogen-bond acceptors (Lipinski definition) is 6. The average Bonchev–Trinajstić information content (AvgIpc) is 3.36. The summed E-state index contributed by atoms with van der Waals surface area (Å²) >= 11 is 9.79. The van der Waals surface area contributed by atoms with Crippen LogP contribution in [0.25, 0.3) is 5.52 Å². The van der Waals surface area contributed by atoms with Crippen molar-refractivity contribution in [3.63, 3.8) is 0 Å². The molecule has 0 saturated carbocycles. The molecule has 3 aromatic rings. The lowest BCUT2D eigenvalue weighted by molar-refractivity contribution is 0.269. The molecule has 0 aliphatic carbocycles. The Morgan fingerprint density at radius 3 is 2.97 bits per heavy atom. The molecule has 5 rings (SSSR count). The predicted molar refractivity (Wildman–Crippen MR) is 135 cm³/mol. The van der Waals surface area contributed by atoms with E-state index in [0.717, 1.165) is 34.9 Å². The Bertz CT molecular complexity index is 1260. The molecule has 5 atom stereocenters. The predicted octanol–water partition coefficient (Wildman–Crippen LogP) is 4.55. The Hall–Kier alpha value is -2.62. The van der Waals surface area contributed by atoms with E-state index in [2.05, 4.69) is 43.2 Å². The van der Waals surface area contributed by atoms with Gasteiger partial charge in [0.2, 0.25) is 0 Å². The second-order valence-corrected chi connectivity index (χ2v) is 9.92. The summed E-state index contributed by atoms with van der Waals surface area (Å²) in [5, 5.41) is 25.9. The largest absolute Gasteiger partial charge is 0.508 e. The van der Waals surface area contributed by atoms with Crippen molar-refractivity contribution < 1.29 is 5.11 Å². The smallest absolute Gasteiger partial charge is 0.135 e. The van der Waals surface area contributed by atoms with Crippen LogP contribution in [0.1, 0.15) is 31.7 Å². The molecular weight excluding hydrogens is 506 g/mol. The monoisotopic (exact) mass is 529 g/mol. The van der Waals surface area contributed by atoms with Crippen molar-refractivity contribution in [1.82, 2.24) is 14.5 Å². The fourth-order valence-electron chi connectivity index (χ4n) is 4.98. The lowest BCUT2D eigenvalue weighted by atomic mass is 9.96. The molecule has 5 unspecified atom stereocenters. The lowest BCUT2D eigenvalue weighted by Crippen LogP contribution is -2.37. The number of benzene rings is 1. The molecule has 0 amide bonds. The van der Waals surface area contributed by atoms with Gasteiger partial charge in [-0.3, -0.25) is 4.90 Å². The molecule has 0 bridgehead atoms. The van der Waals surface area contributed by atoms with E-state index in [-0.39, 0.29) is 23.7 Å². The highest BCUT2D eigenvalue weighted by molar-refractivity contribution is 9.10. The summed E-state index contributed by atoms with van der Waals surface area (Å²) in [5.74, 6) is 0.354. The number of aromatic hydroxyl groups is 1. The van der Waals surface area contributed by atoms with Gasteiger partial charge in [0.15, 0.2) is 0 Å². The Kier molecular flexibility index (Phi) is 5.80. The van der Waals surface area contributed by atoms with Crippen LogP contribution in [0.4, 0.5) is 11.4 Å². The Balaban J connectivity index is 1.52. The number of hydrogen-bond donors (Lipinski definition) is 4. The Morgan fingerprint density at radius 2 is 2.24 bits per heavy atom. The van der Waals surface area contributed by atoms with Crippen molar-refractivity contribution in [2.45, 2.75) is 50.4 Å². The van der Waals surface area contributed by atoms with Crippen LogP contribution in [0.3, 0.4) is 0 Å². The first-order valence-electron chi connectivity index (χ1n) is 10.9. The summed E-state index contributed by atoms with van der Waals surface area (Å²) in [6.45, 7) is 2.20. The SMILES string of the molecule is CCC1CC(Nc2c(C(N)=Nc3ccc(O)cc3Cl)cnn3cc(Br)cc23)CC2C(C=N)N12. The normalized spacial score (nSPS) is 26.8. The standard InChI is InChI=1S/C23H25BrClN7O/c1-2-14-6-13(7-19-21(9-26)32(14)19)29-22-16(10-28-31-11-12(24)5-20(22)31)23(27)30-18-4-3-15(33)8-17(18)25/h3-5,8-11,13-14,19,21,26,29,33H,2,6-7H2,1H3,(H2,27,30). The van der Waals surface area contributed by atoms with Gasteiger partial charge in [0.1, 0.15) is 11.6 Å². The van der Waals surface area contributed by atoms with Crippen molar-refractivity contribution in [1.29, 1.82) is 5.41 Å². The van der Waals surface area contributed by atoms with Crippen LogP contribution in [0.5, 0.6) is 5.75 Å². The molecule has 0 spiro atoms. The second kappa shape index (κ2) is 8.62. The average molecular weight is 531 g/mol. The molecule has 0 radical (unpaired) electrons. The number of phenolic OH excluding ortho intramolecular Hbond substituents is 1. The zero-order valence-electron chi connectivity index (χ0n) is 18.0. The van der Waals surface area contributed by atoms with E-state index in [1.165, 1.54) is 12.1 Å². The third-order valence-electron chi connectivity index (χ3n) is 6.58. The summed E-state index contributed by atoms with van der Waals surface area (Å²) in [7, 11) is 0. The van der Waals surface area contributed by atoms with Gasteiger partial charge >= 0.3 is 0 Å². The molecular formula is C23H25BrClN7O. The Morgan fingerprint density at radius 1 is 1.42 bits per heavy atom. The fraction of sp³-hybridized carbons (Fsp3) is 0.348. The summed E-state index contributed by atoms with van der Waals surface area (Å²) in [6.07, 6.45) is 8.19. The van der Waals surface area contributed by atoms with Gasteiger partial charge in [0.05, 0.1) is 39.7 Å². The number of aliphatic imine (C=N–C) groups is 1. The third kappa shape index (κ3) is 4.09. The van der Waals surface area contributed by atoms with E-state index in [4.69, 9.17) is 22.7 Å². The zero-order valence-corrected chi connectivity index (χ0v) is 20.4. The molecule has 33 heavy (non-hydrogen) atoms. The summed E-state index contributed by atoms with van der Waals surface area (Å²) in [4.78, 5) is 6.98. The van der Waals surface area contributed by atoms with Gasteiger partial charge in [-0.15, -0.1) is 0 Å². The van der Waals surface area contributed by atoms with Gasteiger partial charge in [-0.2, -0.15) is 5.10 Å². The topological polar surface area (TPSA) is 115 Å². The number of piperidine rings is 1. The van der Waals surface area contributed by atoms with Gasteiger partial charge in [0.25, 0.3) is 0 Å². The minimum atomic E-state index is 0.0705. The first-order valence-corrected chi connectivity index (χ1v) is 12.1. The van der Waals surface area contributed by atoms with E-state index in [1.807, 2.05) is 12.3 Å². The number of rotatable bonds is 6. The fourth-order valence-corrected chi connectivity index (χ4v) is 5.61. The van der Waals surface area contributed by atoms with Crippen LogP contribution in [0.2, 0.25) is 5.02 Å². The third-order valence-corrected chi connectivity index (χ3v) is 7.31. The number of nitrogens with zero attached hydrogens (tertiary/aromatic N) is 4. The summed E-state index contributed by atoms with van der Waals surface area (Å²) in [6, 6.07) is 7.96. The number of nitrogens with two attached hydrogens (primary N) is 1. The van der Waals surface area contributed by atoms with Crippen molar-refractivity contribution in [2.24, 2.45) is 10.7 Å². The molecule has 5 N–H and O–H groups in total. The maximum absolute atomic E-state index is 9.63.